The van der Waals surface area contributed by atoms with E-state index in [1.807, 2.05) is 0 Å². The Labute approximate surface area is 93.2 Å². The molecule has 2 rings (SSSR count). The van der Waals surface area contributed by atoms with Crippen LogP contribution < -0.4 is 5.32 Å². The minimum absolute atomic E-state index is 0.0735. The van der Waals surface area contributed by atoms with Gasteiger partial charge in [0.05, 0.1) is 19.6 Å². The number of hydrogen-bond acceptors (Lipinski definition) is 3. The number of hydrogen-bond donors (Lipinski definition) is 3. The summed E-state index contributed by atoms with van der Waals surface area (Å²) in [7, 11) is 0. The molecule has 84 valence electrons. The normalized spacial score (nSPS) is 14.2. The number of nitrogens with one attached hydrogen (secondary N) is 1. The van der Waals surface area contributed by atoms with E-state index in [1.165, 1.54) is 0 Å². The van der Waals surface area contributed by atoms with Gasteiger partial charge >= 0.3 is 0 Å². The summed E-state index contributed by atoms with van der Waals surface area (Å²) in [5, 5.41) is 20.9. The largest absolute Gasteiger partial charge is 0.392 e. The summed E-state index contributed by atoms with van der Waals surface area (Å²) in [6, 6.07) is 3.58. The Morgan fingerprint density at radius 2 is 1.88 bits per heavy atom. The molecule has 4 heteroatoms. The Hall–Kier alpha value is -1.65. The summed E-state index contributed by atoms with van der Waals surface area (Å²) in [6.45, 7) is -0.243. The lowest BCUT2D eigenvalue weighted by Crippen LogP contribution is -2.17. The molecular weight excluding hydrogens is 206 g/mol. The number of aliphatic hydroxyl groups is 2. The van der Waals surface area contributed by atoms with Crippen molar-refractivity contribution in [2.75, 3.05) is 0 Å². The molecule has 1 aromatic rings. The van der Waals surface area contributed by atoms with Crippen molar-refractivity contribution in [3.8, 4) is 0 Å². The van der Waals surface area contributed by atoms with Gasteiger partial charge in [-0.15, -0.1) is 0 Å². The molecule has 1 aliphatic heterocycles. The van der Waals surface area contributed by atoms with Gasteiger partial charge in [-0.25, -0.2) is 0 Å². The van der Waals surface area contributed by atoms with Gasteiger partial charge in [-0.1, -0.05) is 6.07 Å². The zero-order valence-electron chi connectivity index (χ0n) is 8.73. The molecule has 4 nitrogen and oxygen atoms in total. The van der Waals surface area contributed by atoms with Crippen molar-refractivity contribution in [1.29, 1.82) is 0 Å². The first-order valence-electron chi connectivity index (χ1n) is 5.07. The van der Waals surface area contributed by atoms with Gasteiger partial charge in [0.2, 0.25) is 5.91 Å². The maximum atomic E-state index is 11.3. The van der Waals surface area contributed by atoms with E-state index >= 15 is 0 Å². The second-order valence-electron chi connectivity index (χ2n) is 3.71. The standard InChI is InChI=1S/C12H13NO3/c14-6-10-3-8-1-2-13-12(16)5-9(8)4-11(10)7-15/h1-4,14-15H,5-7H2,(H,13,16). The maximum Gasteiger partial charge on any atom is 0.228 e. The number of carbonyl (C=O) groups excluding carboxylic acids is 1. The minimum Gasteiger partial charge on any atom is -0.392 e. The summed E-state index contributed by atoms with van der Waals surface area (Å²) in [4.78, 5) is 11.3. The van der Waals surface area contributed by atoms with Crippen molar-refractivity contribution in [3.63, 3.8) is 0 Å². The maximum absolute atomic E-state index is 11.3. The van der Waals surface area contributed by atoms with E-state index in [0.717, 1.165) is 11.1 Å². The van der Waals surface area contributed by atoms with Crippen LogP contribution in [0.2, 0.25) is 0 Å². The van der Waals surface area contributed by atoms with Gasteiger partial charge in [0.15, 0.2) is 0 Å². The molecule has 1 aromatic carbocycles. The molecule has 0 spiro atoms. The van der Waals surface area contributed by atoms with Crippen molar-refractivity contribution >= 4 is 12.0 Å². The number of benzene rings is 1. The molecule has 0 aliphatic carbocycles. The van der Waals surface area contributed by atoms with Crippen LogP contribution in [0.1, 0.15) is 22.3 Å². The smallest absolute Gasteiger partial charge is 0.228 e. The van der Waals surface area contributed by atoms with Crippen LogP contribution in [0.3, 0.4) is 0 Å². The SMILES string of the molecule is O=C1Cc2cc(CO)c(CO)cc2C=CN1. The third-order valence-electron chi connectivity index (χ3n) is 2.66. The van der Waals surface area contributed by atoms with Crippen LogP contribution in [-0.2, 0) is 24.4 Å². The summed E-state index contributed by atoms with van der Waals surface area (Å²) in [5.41, 5.74) is 3.14. The Morgan fingerprint density at radius 3 is 2.56 bits per heavy atom. The zero-order chi connectivity index (χ0) is 11.5. The van der Waals surface area contributed by atoms with Crippen molar-refractivity contribution in [3.05, 3.63) is 40.6 Å². The Morgan fingerprint density at radius 1 is 1.19 bits per heavy atom. The first kappa shape index (κ1) is 10.9. The van der Waals surface area contributed by atoms with E-state index in [4.69, 9.17) is 10.2 Å². The molecule has 0 bridgehead atoms. The van der Waals surface area contributed by atoms with Gasteiger partial charge < -0.3 is 15.5 Å². The highest BCUT2D eigenvalue weighted by Crippen LogP contribution is 2.21. The van der Waals surface area contributed by atoms with Gasteiger partial charge in [0.25, 0.3) is 0 Å². The zero-order valence-corrected chi connectivity index (χ0v) is 8.73. The van der Waals surface area contributed by atoms with Crippen molar-refractivity contribution in [2.24, 2.45) is 0 Å². The summed E-state index contributed by atoms with van der Waals surface area (Å²) >= 11 is 0. The lowest BCUT2D eigenvalue weighted by atomic mass is 9.97. The molecule has 0 saturated carbocycles. The van der Waals surface area contributed by atoms with Crippen molar-refractivity contribution in [1.82, 2.24) is 5.32 Å². The molecule has 0 atom stereocenters. The fourth-order valence-corrected chi connectivity index (χ4v) is 1.81. The van der Waals surface area contributed by atoms with Gasteiger partial charge in [-0.2, -0.15) is 0 Å². The van der Waals surface area contributed by atoms with Gasteiger partial charge in [-0.3, -0.25) is 4.79 Å². The highest BCUT2D eigenvalue weighted by molar-refractivity contribution is 5.83. The number of aliphatic hydroxyl groups excluding tert-OH is 2. The molecule has 1 amide bonds. The highest BCUT2D eigenvalue weighted by atomic mass is 16.3. The molecule has 0 unspecified atom stereocenters. The molecular formula is C12H13NO3. The van der Waals surface area contributed by atoms with Gasteiger partial charge in [0, 0.05) is 6.20 Å². The average Bonchev–Trinajstić information content (AvgIpc) is 2.47. The lowest BCUT2D eigenvalue weighted by Gasteiger charge is -2.10. The molecule has 3 N–H and O–H groups in total. The van der Waals surface area contributed by atoms with Crippen LogP contribution in [0.25, 0.3) is 6.08 Å². The molecule has 0 radical (unpaired) electrons. The Balaban J connectivity index is 2.51. The molecule has 0 fully saturated rings. The first-order valence-corrected chi connectivity index (χ1v) is 5.07. The van der Waals surface area contributed by atoms with E-state index < -0.39 is 0 Å². The second kappa shape index (κ2) is 4.47. The fourth-order valence-electron chi connectivity index (χ4n) is 1.81. The molecule has 1 aliphatic rings. The van der Waals surface area contributed by atoms with Gasteiger partial charge in [-0.05, 0) is 34.4 Å². The third-order valence-corrected chi connectivity index (χ3v) is 2.66. The average molecular weight is 219 g/mol. The van der Waals surface area contributed by atoms with E-state index in [2.05, 4.69) is 5.32 Å². The number of carbonyl (C=O) groups is 1. The van der Waals surface area contributed by atoms with Crippen LogP contribution in [0.15, 0.2) is 18.3 Å². The fraction of sp³-hybridized carbons (Fsp3) is 0.250. The first-order chi connectivity index (χ1) is 7.74. The number of amides is 1. The molecule has 16 heavy (non-hydrogen) atoms. The van der Waals surface area contributed by atoms with Crippen LogP contribution in [-0.4, -0.2) is 16.1 Å². The number of rotatable bonds is 2. The van der Waals surface area contributed by atoms with Gasteiger partial charge in [0.1, 0.15) is 0 Å². The van der Waals surface area contributed by atoms with Crippen LogP contribution in [0.4, 0.5) is 0 Å². The van der Waals surface area contributed by atoms with E-state index in [-0.39, 0.29) is 19.1 Å². The van der Waals surface area contributed by atoms with Crippen molar-refractivity contribution < 1.29 is 15.0 Å². The van der Waals surface area contributed by atoms with Crippen molar-refractivity contribution in [2.45, 2.75) is 19.6 Å². The van der Waals surface area contributed by atoms with E-state index in [1.54, 1.807) is 24.4 Å². The summed E-state index contributed by atoms with van der Waals surface area (Å²) in [6.07, 6.45) is 3.68. The van der Waals surface area contributed by atoms with E-state index in [9.17, 15) is 4.79 Å². The highest BCUT2D eigenvalue weighted by Gasteiger charge is 2.12. The second-order valence-corrected chi connectivity index (χ2v) is 3.71. The monoisotopic (exact) mass is 219 g/mol. The summed E-state index contributed by atoms with van der Waals surface area (Å²) in [5.74, 6) is -0.0735. The predicted octanol–water partition coefficient (Wildman–Crippen LogP) is 0.314. The summed E-state index contributed by atoms with van der Waals surface area (Å²) < 4.78 is 0. The molecule has 0 saturated heterocycles. The number of fused-ring (bicyclic) bond motifs is 1. The topological polar surface area (TPSA) is 69.6 Å². The van der Waals surface area contributed by atoms with Crippen LogP contribution >= 0.6 is 0 Å². The Kier molecular flexibility index (Phi) is 3.03. The molecule has 0 aromatic heterocycles. The Bertz CT molecular complexity index is 452. The molecule has 1 heterocycles. The predicted molar refractivity (Wildman–Crippen MR) is 59.2 cm³/mol. The van der Waals surface area contributed by atoms with Crippen LogP contribution in [0, 0.1) is 0 Å². The lowest BCUT2D eigenvalue weighted by molar-refractivity contribution is -0.119. The minimum atomic E-state index is -0.130. The van der Waals surface area contributed by atoms with E-state index in [0.29, 0.717) is 17.5 Å². The third kappa shape index (κ3) is 1.98. The quantitative estimate of drug-likeness (QED) is 0.670. The van der Waals surface area contributed by atoms with Crippen LogP contribution in [0.5, 0.6) is 0 Å².